The molecule has 0 spiro atoms. The Kier molecular flexibility index (Phi) is 5.95. The third-order valence-electron chi connectivity index (χ3n) is 4.60. The summed E-state index contributed by atoms with van der Waals surface area (Å²) < 4.78 is 0. The van der Waals surface area contributed by atoms with E-state index < -0.39 is 5.97 Å². The zero-order valence-corrected chi connectivity index (χ0v) is 14.2. The van der Waals surface area contributed by atoms with Crippen molar-refractivity contribution in [2.24, 2.45) is 5.92 Å². The SMILES string of the molecule is Cc1ccc(C(=O)NCC(=O)N2CCC(CC(=O)O)CC2)cc1C. The van der Waals surface area contributed by atoms with Gasteiger partial charge in [0.15, 0.2) is 0 Å². The molecule has 6 nitrogen and oxygen atoms in total. The molecule has 1 aromatic carbocycles. The number of rotatable bonds is 5. The van der Waals surface area contributed by atoms with Crippen molar-refractivity contribution in [2.45, 2.75) is 33.1 Å². The van der Waals surface area contributed by atoms with Crippen LogP contribution in [0.4, 0.5) is 0 Å². The van der Waals surface area contributed by atoms with Crippen LogP contribution in [0.5, 0.6) is 0 Å². The fourth-order valence-electron chi connectivity index (χ4n) is 2.89. The van der Waals surface area contributed by atoms with Crippen molar-refractivity contribution in [2.75, 3.05) is 19.6 Å². The first-order valence-electron chi connectivity index (χ1n) is 8.22. The van der Waals surface area contributed by atoms with Gasteiger partial charge in [-0.05, 0) is 55.9 Å². The fraction of sp³-hybridized carbons (Fsp3) is 0.500. The van der Waals surface area contributed by atoms with Crippen molar-refractivity contribution < 1.29 is 19.5 Å². The minimum atomic E-state index is -0.791. The van der Waals surface area contributed by atoms with Crippen molar-refractivity contribution in [1.29, 1.82) is 0 Å². The highest BCUT2D eigenvalue weighted by atomic mass is 16.4. The van der Waals surface area contributed by atoms with Gasteiger partial charge in [0.25, 0.3) is 5.91 Å². The number of carboxylic acid groups (broad SMARTS) is 1. The van der Waals surface area contributed by atoms with Gasteiger partial charge in [-0.3, -0.25) is 14.4 Å². The van der Waals surface area contributed by atoms with Crippen molar-refractivity contribution in [1.82, 2.24) is 10.2 Å². The molecule has 0 aliphatic carbocycles. The predicted octanol–water partition coefficient (Wildman–Crippen LogP) is 1.75. The number of carbonyl (C=O) groups excluding carboxylic acids is 2. The molecule has 1 aromatic rings. The third kappa shape index (κ3) is 4.81. The zero-order chi connectivity index (χ0) is 17.7. The predicted molar refractivity (Wildman–Crippen MR) is 89.8 cm³/mol. The van der Waals surface area contributed by atoms with Crippen molar-refractivity contribution in [3.63, 3.8) is 0 Å². The summed E-state index contributed by atoms with van der Waals surface area (Å²) in [5.41, 5.74) is 2.70. The maximum atomic E-state index is 12.2. The standard InChI is InChI=1S/C18H24N2O4/c1-12-3-4-15(9-13(12)2)18(24)19-11-16(21)20-7-5-14(6-8-20)10-17(22)23/h3-4,9,14H,5-8,10-11H2,1-2H3,(H,19,24)(H,22,23). The molecule has 1 fully saturated rings. The first-order chi connectivity index (χ1) is 11.4. The molecule has 0 atom stereocenters. The quantitative estimate of drug-likeness (QED) is 0.860. The minimum Gasteiger partial charge on any atom is -0.481 e. The molecule has 24 heavy (non-hydrogen) atoms. The van der Waals surface area contributed by atoms with Gasteiger partial charge in [-0.2, -0.15) is 0 Å². The Hall–Kier alpha value is -2.37. The van der Waals surface area contributed by atoms with Crippen LogP contribution in [0, 0.1) is 19.8 Å². The Morgan fingerprint density at radius 1 is 1.17 bits per heavy atom. The number of piperidine rings is 1. The number of carbonyl (C=O) groups is 3. The summed E-state index contributed by atoms with van der Waals surface area (Å²) >= 11 is 0. The fourth-order valence-corrected chi connectivity index (χ4v) is 2.89. The van der Waals surface area contributed by atoms with Crippen molar-refractivity contribution in [3.05, 3.63) is 34.9 Å². The number of benzene rings is 1. The summed E-state index contributed by atoms with van der Waals surface area (Å²) in [6, 6.07) is 5.45. The van der Waals surface area contributed by atoms with Crippen molar-refractivity contribution in [3.8, 4) is 0 Å². The highest BCUT2D eigenvalue weighted by Crippen LogP contribution is 2.20. The van der Waals surface area contributed by atoms with E-state index in [1.807, 2.05) is 26.0 Å². The molecule has 0 bridgehead atoms. The van der Waals surface area contributed by atoms with Crippen LogP contribution in [0.25, 0.3) is 0 Å². The zero-order valence-electron chi connectivity index (χ0n) is 14.2. The molecule has 6 heteroatoms. The van der Waals surface area contributed by atoms with E-state index >= 15 is 0 Å². The van der Waals surface area contributed by atoms with E-state index in [9.17, 15) is 14.4 Å². The lowest BCUT2D eigenvalue weighted by atomic mass is 9.93. The van der Waals surface area contributed by atoms with E-state index in [4.69, 9.17) is 5.11 Å². The van der Waals surface area contributed by atoms with Gasteiger partial charge in [-0.15, -0.1) is 0 Å². The number of amides is 2. The second-order valence-corrected chi connectivity index (χ2v) is 6.40. The van der Waals surface area contributed by atoms with Gasteiger partial charge in [0.05, 0.1) is 6.54 Å². The van der Waals surface area contributed by atoms with Gasteiger partial charge < -0.3 is 15.3 Å². The van der Waals surface area contributed by atoms with Crippen LogP contribution < -0.4 is 5.32 Å². The molecule has 130 valence electrons. The third-order valence-corrected chi connectivity index (χ3v) is 4.60. The van der Waals surface area contributed by atoms with Crippen LogP contribution in [0.2, 0.25) is 0 Å². The van der Waals surface area contributed by atoms with Gasteiger partial charge in [-0.25, -0.2) is 0 Å². The molecular formula is C18H24N2O4. The number of hydrogen-bond donors (Lipinski definition) is 2. The molecule has 2 N–H and O–H groups in total. The largest absolute Gasteiger partial charge is 0.481 e. The average Bonchev–Trinajstić information content (AvgIpc) is 2.55. The van der Waals surface area contributed by atoms with E-state index in [0.29, 0.717) is 31.5 Å². The smallest absolute Gasteiger partial charge is 0.303 e. The van der Waals surface area contributed by atoms with Gasteiger partial charge in [0, 0.05) is 25.1 Å². The Morgan fingerprint density at radius 2 is 1.83 bits per heavy atom. The second kappa shape index (κ2) is 7.95. The van der Waals surface area contributed by atoms with Crippen LogP contribution in [0.15, 0.2) is 18.2 Å². The number of aryl methyl sites for hydroxylation is 2. The van der Waals surface area contributed by atoms with Crippen LogP contribution in [-0.2, 0) is 9.59 Å². The highest BCUT2D eigenvalue weighted by Gasteiger charge is 2.24. The Labute approximate surface area is 141 Å². The first-order valence-corrected chi connectivity index (χ1v) is 8.22. The van der Waals surface area contributed by atoms with Crippen LogP contribution in [0.3, 0.4) is 0 Å². The monoisotopic (exact) mass is 332 g/mol. The molecule has 0 radical (unpaired) electrons. The van der Waals surface area contributed by atoms with E-state index in [2.05, 4.69) is 5.32 Å². The summed E-state index contributed by atoms with van der Waals surface area (Å²) in [5.74, 6) is -1.04. The van der Waals surface area contributed by atoms with Gasteiger partial charge >= 0.3 is 5.97 Å². The molecule has 0 aromatic heterocycles. The lowest BCUT2D eigenvalue weighted by Gasteiger charge is -2.31. The van der Waals surface area contributed by atoms with Crippen LogP contribution in [0.1, 0.15) is 40.7 Å². The number of carboxylic acids is 1. The topological polar surface area (TPSA) is 86.7 Å². The number of nitrogens with one attached hydrogen (secondary N) is 1. The summed E-state index contributed by atoms with van der Waals surface area (Å²) in [6.45, 7) is 5.00. The molecule has 0 unspecified atom stereocenters. The van der Waals surface area contributed by atoms with Gasteiger partial charge in [-0.1, -0.05) is 6.07 Å². The Balaban J connectivity index is 1.80. The molecule has 2 amide bonds. The molecule has 1 aliphatic rings. The first kappa shape index (κ1) is 18.0. The maximum absolute atomic E-state index is 12.2. The van der Waals surface area contributed by atoms with E-state index in [1.54, 1.807) is 11.0 Å². The lowest BCUT2D eigenvalue weighted by molar-refractivity contribution is -0.138. The van der Waals surface area contributed by atoms with Gasteiger partial charge in [0.1, 0.15) is 0 Å². The summed E-state index contributed by atoms with van der Waals surface area (Å²) in [4.78, 5) is 36.7. The lowest BCUT2D eigenvalue weighted by Crippen LogP contribution is -2.44. The van der Waals surface area contributed by atoms with E-state index in [0.717, 1.165) is 11.1 Å². The van der Waals surface area contributed by atoms with Gasteiger partial charge in [0.2, 0.25) is 5.91 Å². The minimum absolute atomic E-state index is 0.0324. The molecule has 1 heterocycles. The number of hydrogen-bond acceptors (Lipinski definition) is 3. The molecular weight excluding hydrogens is 308 g/mol. The summed E-state index contributed by atoms with van der Waals surface area (Å²) in [6.07, 6.45) is 1.55. The molecule has 1 aliphatic heterocycles. The summed E-state index contributed by atoms with van der Waals surface area (Å²) in [7, 11) is 0. The number of nitrogens with zero attached hydrogens (tertiary/aromatic N) is 1. The van der Waals surface area contributed by atoms with Crippen LogP contribution in [-0.4, -0.2) is 47.4 Å². The molecule has 2 rings (SSSR count). The second-order valence-electron chi connectivity index (χ2n) is 6.40. The normalized spacial score (nSPS) is 15.2. The number of aliphatic carboxylic acids is 1. The van der Waals surface area contributed by atoms with E-state index in [1.165, 1.54) is 0 Å². The number of likely N-dealkylation sites (tertiary alicyclic amines) is 1. The molecule has 0 saturated carbocycles. The highest BCUT2D eigenvalue weighted by molar-refractivity contribution is 5.96. The maximum Gasteiger partial charge on any atom is 0.303 e. The van der Waals surface area contributed by atoms with E-state index in [-0.39, 0.29) is 30.7 Å². The summed E-state index contributed by atoms with van der Waals surface area (Å²) in [5, 5.41) is 11.5. The average molecular weight is 332 g/mol. The Morgan fingerprint density at radius 3 is 2.42 bits per heavy atom. The molecule has 1 saturated heterocycles. The Bertz CT molecular complexity index is 634. The van der Waals surface area contributed by atoms with Crippen LogP contribution >= 0.6 is 0 Å². The van der Waals surface area contributed by atoms with Crippen molar-refractivity contribution >= 4 is 17.8 Å².